The molecule has 2 heterocycles. The number of benzene rings is 1. The van der Waals surface area contributed by atoms with Crippen LogP contribution in [0.4, 0.5) is 5.82 Å². The van der Waals surface area contributed by atoms with Gasteiger partial charge in [0.2, 0.25) is 5.95 Å². The average Bonchev–Trinajstić information content (AvgIpc) is 3.21. The molecule has 2 N–H and O–H groups in total. The molecule has 0 fully saturated rings. The quantitative estimate of drug-likeness (QED) is 0.701. The summed E-state index contributed by atoms with van der Waals surface area (Å²) in [5.74, 6) is 0.234. The summed E-state index contributed by atoms with van der Waals surface area (Å²) < 4.78 is 1.41. The van der Waals surface area contributed by atoms with E-state index < -0.39 is 5.91 Å². The van der Waals surface area contributed by atoms with E-state index in [1.54, 1.807) is 25.1 Å². The van der Waals surface area contributed by atoms with E-state index in [-0.39, 0.29) is 22.1 Å². The molecule has 138 valence electrons. The number of carbonyl (C=O) groups excluding carboxylic acids is 1. The van der Waals surface area contributed by atoms with Gasteiger partial charge >= 0.3 is 0 Å². The normalized spacial score (nSPS) is 12.9. The van der Waals surface area contributed by atoms with Crippen molar-refractivity contribution in [1.82, 2.24) is 19.7 Å². The minimum Gasteiger partial charge on any atom is -0.306 e. The van der Waals surface area contributed by atoms with E-state index in [1.165, 1.54) is 10.7 Å². The van der Waals surface area contributed by atoms with Crippen molar-refractivity contribution in [3.8, 4) is 5.95 Å². The number of H-pyrrole nitrogens is 1. The number of fused-ring (bicyclic) bond motifs is 1. The fraction of sp³-hybridized carbons (Fsp3) is 0.222. The second-order valence-corrected chi connectivity index (χ2v) is 7.17. The number of hydrogen-bond acceptors (Lipinski definition) is 4. The second-order valence-electron chi connectivity index (χ2n) is 6.33. The van der Waals surface area contributed by atoms with Gasteiger partial charge in [-0.3, -0.25) is 14.6 Å². The number of nitrogens with one attached hydrogen (secondary N) is 2. The summed E-state index contributed by atoms with van der Waals surface area (Å²) in [5.41, 5.74) is 2.28. The van der Waals surface area contributed by atoms with Gasteiger partial charge in [-0.1, -0.05) is 23.2 Å². The van der Waals surface area contributed by atoms with E-state index in [2.05, 4.69) is 20.4 Å². The van der Waals surface area contributed by atoms with E-state index in [9.17, 15) is 9.59 Å². The maximum absolute atomic E-state index is 12.6. The number of hydrogen-bond donors (Lipinski definition) is 2. The lowest BCUT2D eigenvalue weighted by Crippen LogP contribution is -2.21. The van der Waals surface area contributed by atoms with Crippen molar-refractivity contribution in [1.29, 1.82) is 0 Å². The third-order valence-corrected chi connectivity index (χ3v) is 4.93. The standard InChI is InChI=1S/C18H15Cl2N5O2/c1-9-7-15(22-16(26)11-6-5-10(19)8-13(11)20)25(24-9)18-21-14-4-2-3-12(14)17(27)23-18/h5-8H,2-4H2,1H3,(H,22,26)(H,21,23,27). The molecule has 0 saturated carbocycles. The van der Waals surface area contributed by atoms with Gasteiger partial charge in [0, 0.05) is 16.7 Å². The Kier molecular flexibility index (Phi) is 4.49. The first-order valence-electron chi connectivity index (χ1n) is 8.38. The number of carbonyl (C=O) groups is 1. The highest BCUT2D eigenvalue weighted by Crippen LogP contribution is 2.23. The Hall–Kier alpha value is -2.64. The number of rotatable bonds is 3. The highest BCUT2D eigenvalue weighted by atomic mass is 35.5. The van der Waals surface area contributed by atoms with Crippen LogP contribution in [0.15, 0.2) is 29.1 Å². The molecular weight excluding hydrogens is 389 g/mol. The molecule has 0 saturated heterocycles. The molecule has 7 nitrogen and oxygen atoms in total. The van der Waals surface area contributed by atoms with Gasteiger partial charge in [-0.05, 0) is 44.4 Å². The SMILES string of the molecule is Cc1cc(NC(=O)c2ccc(Cl)cc2Cl)n(-c2nc3c(c(=O)[nH]2)CCC3)n1. The zero-order valence-electron chi connectivity index (χ0n) is 14.3. The van der Waals surface area contributed by atoms with Gasteiger partial charge in [-0.25, -0.2) is 4.98 Å². The Morgan fingerprint density at radius 1 is 1.26 bits per heavy atom. The van der Waals surface area contributed by atoms with Gasteiger partial charge < -0.3 is 5.32 Å². The summed E-state index contributed by atoms with van der Waals surface area (Å²) >= 11 is 12.0. The van der Waals surface area contributed by atoms with Gasteiger partial charge in [-0.2, -0.15) is 9.78 Å². The van der Waals surface area contributed by atoms with Crippen LogP contribution in [-0.4, -0.2) is 25.7 Å². The van der Waals surface area contributed by atoms with Crippen LogP contribution in [0.1, 0.15) is 33.7 Å². The Morgan fingerprint density at radius 3 is 2.85 bits per heavy atom. The van der Waals surface area contributed by atoms with Crippen molar-refractivity contribution in [3.63, 3.8) is 0 Å². The Labute approximate surface area is 164 Å². The molecular formula is C18H15Cl2N5O2. The van der Waals surface area contributed by atoms with Crippen molar-refractivity contribution < 1.29 is 4.79 Å². The van der Waals surface area contributed by atoms with Crippen LogP contribution in [0.3, 0.4) is 0 Å². The van der Waals surface area contributed by atoms with Crippen LogP contribution in [0.5, 0.6) is 0 Å². The molecule has 0 aliphatic heterocycles. The van der Waals surface area contributed by atoms with Crippen molar-refractivity contribution in [2.45, 2.75) is 26.2 Å². The first-order valence-corrected chi connectivity index (χ1v) is 9.13. The molecule has 9 heteroatoms. The van der Waals surface area contributed by atoms with Gasteiger partial charge in [0.05, 0.1) is 22.0 Å². The zero-order chi connectivity index (χ0) is 19.1. The van der Waals surface area contributed by atoms with Crippen LogP contribution in [0, 0.1) is 6.92 Å². The smallest absolute Gasteiger partial charge is 0.258 e. The monoisotopic (exact) mass is 403 g/mol. The van der Waals surface area contributed by atoms with Crippen molar-refractivity contribution in [2.24, 2.45) is 0 Å². The third-order valence-electron chi connectivity index (χ3n) is 4.38. The van der Waals surface area contributed by atoms with Crippen LogP contribution < -0.4 is 10.9 Å². The Balaban J connectivity index is 1.71. The maximum atomic E-state index is 12.6. The number of aryl methyl sites for hydroxylation is 2. The molecule has 0 radical (unpaired) electrons. The first-order chi connectivity index (χ1) is 12.9. The molecule has 0 bridgehead atoms. The second kappa shape index (κ2) is 6.83. The van der Waals surface area contributed by atoms with Gasteiger partial charge in [0.1, 0.15) is 5.82 Å². The van der Waals surface area contributed by atoms with E-state index in [0.717, 1.165) is 30.5 Å². The van der Waals surface area contributed by atoms with E-state index in [4.69, 9.17) is 23.2 Å². The summed E-state index contributed by atoms with van der Waals surface area (Å²) in [4.78, 5) is 32.2. The summed E-state index contributed by atoms with van der Waals surface area (Å²) in [6.07, 6.45) is 2.40. The van der Waals surface area contributed by atoms with Crippen LogP contribution >= 0.6 is 23.2 Å². The lowest BCUT2D eigenvalue weighted by atomic mass is 10.2. The lowest BCUT2D eigenvalue weighted by Gasteiger charge is -2.10. The lowest BCUT2D eigenvalue weighted by molar-refractivity contribution is 0.102. The predicted octanol–water partition coefficient (Wildman–Crippen LogP) is 3.31. The summed E-state index contributed by atoms with van der Waals surface area (Å²) in [5, 5.41) is 7.80. The molecule has 2 aromatic heterocycles. The number of nitrogens with zero attached hydrogens (tertiary/aromatic N) is 3. The van der Waals surface area contributed by atoms with Crippen LogP contribution in [0.25, 0.3) is 5.95 Å². The Bertz CT molecular complexity index is 1120. The molecule has 0 unspecified atom stereocenters. The third kappa shape index (κ3) is 3.36. The van der Waals surface area contributed by atoms with Crippen molar-refractivity contribution in [3.05, 3.63) is 67.2 Å². The number of halogens is 2. The molecule has 1 aromatic carbocycles. The summed E-state index contributed by atoms with van der Waals surface area (Å²) in [6, 6.07) is 6.32. The number of amides is 1. The molecule has 1 aliphatic rings. The molecule has 3 aromatic rings. The largest absolute Gasteiger partial charge is 0.306 e. The minimum absolute atomic E-state index is 0.168. The highest BCUT2D eigenvalue weighted by Gasteiger charge is 2.20. The van der Waals surface area contributed by atoms with Crippen LogP contribution in [-0.2, 0) is 12.8 Å². The summed E-state index contributed by atoms with van der Waals surface area (Å²) in [6.45, 7) is 1.78. The zero-order valence-corrected chi connectivity index (χ0v) is 15.9. The number of aromatic amines is 1. The Morgan fingerprint density at radius 2 is 2.07 bits per heavy atom. The maximum Gasteiger partial charge on any atom is 0.258 e. The number of anilines is 1. The van der Waals surface area contributed by atoms with E-state index >= 15 is 0 Å². The van der Waals surface area contributed by atoms with Crippen molar-refractivity contribution in [2.75, 3.05) is 5.32 Å². The number of aromatic nitrogens is 4. The molecule has 1 aliphatic carbocycles. The molecule has 1 amide bonds. The van der Waals surface area contributed by atoms with Gasteiger partial charge in [0.25, 0.3) is 11.5 Å². The molecule has 0 atom stereocenters. The fourth-order valence-electron chi connectivity index (χ4n) is 3.14. The van der Waals surface area contributed by atoms with Gasteiger partial charge in [-0.15, -0.1) is 0 Å². The molecule has 4 rings (SSSR count). The highest BCUT2D eigenvalue weighted by molar-refractivity contribution is 6.37. The first kappa shape index (κ1) is 17.8. The molecule has 27 heavy (non-hydrogen) atoms. The fourth-order valence-corrected chi connectivity index (χ4v) is 3.63. The van der Waals surface area contributed by atoms with Crippen LogP contribution in [0.2, 0.25) is 10.0 Å². The average molecular weight is 404 g/mol. The van der Waals surface area contributed by atoms with Crippen molar-refractivity contribution >= 4 is 34.9 Å². The summed E-state index contributed by atoms with van der Waals surface area (Å²) in [7, 11) is 0. The van der Waals surface area contributed by atoms with E-state index in [1.807, 2.05) is 0 Å². The predicted molar refractivity (Wildman–Crippen MR) is 103 cm³/mol. The topological polar surface area (TPSA) is 92.7 Å². The van der Waals surface area contributed by atoms with Gasteiger partial charge in [0.15, 0.2) is 0 Å². The molecule has 0 spiro atoms. The van der Waals surface area contributed by atoms with E-state index in [0.29, 0.717) is 16.5 Å². The minimum atomic E-state index is -0.415.